The van der Waals surface area contributed by atoms with Gasteiger partial charge >= 0.3 is 0 Å². The van der Waals surface area contributed by atoms with E-state index in [2.05, 4.69) is 10.2 Å². The number of amides is 1. The van der Waals surface area contributed by atoms with Crippen LogP contribution in [0.15, 0.2) is 0 Å². The monoisotopic (exact) mass is 282 g/mol. The number of nitrogens with zero attached hydrogens (tertiary/aromatic N) is 1. The molecule has 0 radical (unpaired) electrons. The number of carbonyl (C=O) groups excluding carboxylic acids is 1. The van der Waals surface area contributed by atoms with Crippen LogP contribution in [0.25, 0.3) is 0 Å². The van der Waals surface area contributed by atoms with Gasteiger partial charge in [-0.2, -0.15) is 0 Å². The van der Waals surface area contributed by atoms with E-state index in [1.165, 1.54) is 6.42 Å². The Bertz CT molecular complexity index is 329. The lowest BCUT2D eigenvalue weighted by molar-refractivity contribution is -0.142. The van der Waals surface area contributed by atoms with Crippen molar-refractivity contribution < 1.29 is 14.3 Å². The Kier molecular flexibility index (Phi) is 4.58. The molecule has 0 saturated carbocycles. The molecule has 1 amide bonds. The minimum atomic E-state index is -0.00695. The summed E-state index contributed by atoms with van der Waals surface area (Å²) >= 11 is 0. The number of carbonyl (C=O) groups is 1. The van der Waals surface area contributed by atoms with E-state index in [0.29, 0.717) is 18.6 Å². The van der Waals surface area contributed by atoms with Gasteiger partial charge in [0.05, 0.1) is 19.1 Å². The zero-order valence-electron chi connectivity index (χ0n) is 12.2. The topological polar surface area (TPSA) is 50.8 Å². The Hall–Kier alpha value is -0.650. The summed E-state index contributed by atoms with van der Waals surface area (Å²) in [7, 11) is 0. The number of rotatable bonds is 1. The SMILES string of the molecule is O=C(C1CNCCOC1)N1CCCC2(CCOCC2)C1. The maximum Gasteiger partial charge on any atom is 0.229 e. The highest BCUT2D eigenvalue weighted by atomic mass is 16.5. The van der Waals surface area contributed by atoms with Crippen molar-refractivity contribution in [2.75, 3.05) is 52.6 Å². The van der Waals surface area contributed by atoms with Crippen LogP contribution in [0.1, 0.15) is 25.7 Å². The second-order valence-corrected chi connectivity index (χ2v) is 6.45. The predicted octanol–water partition coefficient (Wildman–Crippen LogP) is 0.642. The molecule has 20 heavy (non-hydrogen) atoms. The molecule has 3 rings (SSSR count). The summed E-state index contributed by atoms with van der Waals surface area (Å²) in [6.45, 7) is 6.44. The second kappa shape index (κ2) is 6.41. The molecule has 1 unspecified atom stereocenters. The first-order valence-electron chi connectivity index (χ1n) is 7.94. The minimum Gasteiger partial charge on any atom is -0.381 e. The van der Waals surface area contributed by atoms with Crippen LogP contribution in [0.2, 0.25) is 0 Å². The molecule has 0 aromatic rings. The lowest BCUT2D eigenvalue weighted by Gasteiger charge is -2.45. The van der Waals surface area contributed by atoms with Gasteiger partial charge in [-0.1, -0.05) is 0 Å². The molecule has 114 valence electrons. The molecule has 0 aromatic heterocycles. The number of nitrogens with one attached hydrogen (secondary N) is 1. The fourth-order valence-corrected chi connectivity index (χ4v) is 3.73. The van der Waals surface area contributed by atoms with Crippen molar-refractivity contribution in [3.63, 3.8) is 0 Å². The van der Waals surface area contributed by atoms with Crippen molar-refractivity contribution in [1.29, 1.82) is 0 Å². The average Bonchev–Trinajstić information content (AvgIpc) is 2.76. The molecule has 0 aliphatic carbocycles. The van der Waals surface area contributed by atoms with Gasteiger partial charge in [0.2, 0.25) is 5.91 Å². The van der Waals surface area contributed by atoms with Crippen molar-refractivity contribution in [2.24, 2.45) is 11.3 Å². The summed E-state index contributed by atoms with van der Waals surface area (Å²) in [5, 5.41) is 3.30. The van der Waals surface area contributed by atoms with Gasteiger partial charge in [0.25, 0.3) is 0 Å². The van der Waals surface area contributed by atoms with Crippen LogP contribution in [0, 0.1) is 11.3 Å². The molecule has 0 aromatic carbocycles. The zero-order chi connectivity index (χ0) is 13.8. The van der Waals surface area contributed by atoms with Crippen LogP contribution in [0.3, 0.4) is 0 Å². The van der Waals surface area contributed by atoms with Crippen molar-refractivity contribution in [3.8, 4) is 0 Å². The van der Waals surface area contributed by atoms with E-state index in [1.807, 2.05) is 0 Å². The number of hydrogen-bond donors (Lipinski definition) is 1. The highest BCUT2D eigenvalue weighted by molar-refractivity contribution is 5.79. The Morgan fingerprint density at radius 1 is 1.15 bits per heavy atom. The van der Waals surface area contributed by atoms with Gasteiger partial charge in [-0.05, 0) is 31.1 Å². The lowest BCUT2D eigenvalue weighted by atomic mass is 9.73. The summed E-state index contributed by atoms with van der Waals surface area (Å²) in [6.07, 6.45) is 4.60. The standard InChI is InChI=1S/C15H26N2O3/c18-14(13-10-16-5-9-20-11-13)17-6-1-2-15(12-17)3-7-19-8-4-15/h13,16H,1-12H2. The third-order valence-corrected chi connectivity index (χ3v) is 5.01. The Balaban J connectivity index is 1.62. The van der Waals surface area contributed by atoms with Crippen LogP contribution in [-0.4, -0.2) is 63.4 Å². The number of ether oxygens (including phenoxy) is 2. The van der Waals surface area contributed by atoms with E-state index in [-0.39, 0.29) is 11.8 Å². The first kappa shape index (κ1) is 14.3. The van der Waals surface area contributed by atoms with Gasteiger partial charge in [0.1, 0.15) is 0 Å². The maximum atomic E-state index is 12.7. The quantitative estimate of drug-likeness (QED) is 0.767. The molecule has 1 atom stereocenters. The van der Waals surface area contributed by atoms with E-state index >= 15 is 0 Å². The summed E-state index contributed by atoms with van der Waals surface area (Å²) in [5.41, 5.74) is 0.325. The van der Waals surface area contributed by atoms with E-state index in [4.69, 9.17) is 9.47 Å². The van der Waals surface area contributed by atoms with E-state index in [9.17, 15) is 4.79 Å². The van der Waals surface area contributed by atoms with E-state index in [1.54, 1.807) is 0 Å². The van der Waals surface area contributed by atoms with Crippen LogP contribution < -0.4 is 5.32 Å². The molecular weight excluding hydrogens is 256 g/mol. The predicted molar refractivity (Wildman–Crippen MR) is 75.5 cm³/mol. The highest BCUT2D eigenvalue weighted by Crippen LogP contribution is 2.39. The molecule has 5 nitrogen and oxygen atoms in total. The molecule has 3 aliphatic heterocycles. The summed E-state index contributed by atoms with van der Waals surface area (Å²) < 4.78 is 11.0. The molecule has 3 saturated heterocycles. The van der Waals surface area contributed by atoms with Gasteiger partial charge in [-0.25, -0.2) is 0 Å². The van der Waals surface area contributed by atoms with Gasteiger partial charge in [-0.15, -0.1) is 0 Å². The highest BCUT2D eigenvalue weighted by Gasteiger charge is 2.39. The van der Waals surface area contributed by atoms with Gasteiger partial charge in [0, 0.05) is 39.4 Å². The number of hydrogen-bond acceptors (Lipinski definition) is 4. The van der Waals surface area contributed by atoms with E-state index in [0.717, 1.165) is 58.7 Å². The number of likely N-dealkylation sites (tertiary alicyclic amines) is 1. The second-order valence-electron chi connectivity index (χ2n) is 6.45. The molecule has 3 aliphatic rings. The van der Waals surface area contributed by atoms with Crippen LogP contribution in [0.4, 0.5) is 0 Å². The van der Waals surface area contributed by atoms with Crippen LogP contribution in [-0.2, 0) is 14.3 Å². The Morgan fingerprint density at radius 2 is 2.00 bits per heavy atom. The normalized spacial score (nSPS) is 31.0. The summed E-state index contributed by atoms with van der Waals surface area (Å²) in [5.74, 6) is 0.275. The van der Waals surface area contributed by atoms with Gasteiger partial charge < -0.3 is 19.7 Å². The average molecular weight is 282 g/mol. The molecule has 0 bridgehead atoms. The van der Waals surface area contributed by atoms with Crippen molar-refractivity contribution in [1.82, 2.24) is 10.2 Å². The zero-order valence-corrected chi connectivity index (χ0v) is 12.2. The molecule has 1 spiro atoms. The smallest absolute Gasteiger partial charge is 0.229 e. The number of piperidine rings is 1. The molecule has 5 heteroatoms. The first-order valence-corrected chi connectivity index (χ1v) is 7.94. The van der Waals surface area contributed by atoms with Gasteiger partial charge in [-0.3, -0.25) is 4.79 Å². The van der Waals surface area contributed by atoms with Crippen molar-refractivity contribution in [3.05, 3.63) is 0 Å². The maximum absolute atomic E-state index is 12.7. The van der Waals surface area contributed by atoms with Crippen LogP contribution >= 0.6 is 0 Å². The van der Waals surface area contributed by atoms with Gasteiger partial charge in [0.15, 0.2) is 0 Å². The largest absolute Gasteiger partial charge is 0.381 e. The lowest BCUT2D eigenvalue weighted by Crippen LogP contribution is -2.51. The Morgan fingerprint density at radius 3 is 2.85 bits per heavy atom. The first-order chi connectivity index (χ1) is 9.79. The molecular formula is C15H26N2O3. The third kappa shape index (κ3) is 3.15. The fraction of sp³-hybridized carbons (Fsp3) is 0.933. The Labute approximate surface area is 121 Å². The van der Waals surface area contributed by atoms with Crippen LogP contribution in [0.5, 0.6) is 0 Å². The van der Waals surface area contributed by atoms with E-state index < -0.39 is 0 Å². The molecule has 3 fully saturated rings. The van der Waals surface area contributed by atoms with Crippen molar-refractivity contribution in [2.45, 2.75) is 25.7 Å². The molecule has 1 N–H and O–H groups in total. The van der Waals surface area contributed by atoms with Crippen molar-refractivity contribution >= 4 is 5.91 Å². The third-order valence-electron chi connectivity index (χ3n) is 5.01. The fourth-order valence-electron chi connectivity index (χ4n) is 3.73. The minimum absolute atomic E-state index is 0.00695. The summed E-state index contributed by atoms with van der Waals surface area (Å²) in [6, 6.07) is 0. The summed E-state index contributed by atoms with van der Waals surface area (Å²) in [4.78, 5) is 14.8. The molecule has 3 heterocycles.